The number of amides is 3. The van der Waals surface area contributed by atoms with Crippen LogP contribution in [0.3, 0.4) is 0 Å². The number of aromatic nitrogens is 4. The van der Waals surface area contributed by atoms with Gasteiger partial charge in [-0.15, -0.1) is 0 Å². The highest BCUT2D eigenvalue weighted by atomic mass is 19.3. The molecule has 15 nitrogen and oxygen atoms in total. The van der Waals surface area contributed by atoms with Gasteiger partial charge in [-0.2, -0.15) is 5.10 Å². The number of halogens is 3. The summed E-state index contributed by atoms with van der Waals surface area (Å²) in [6.45, 7) is 7.40. The topological polar surface area (TPSA) is 136 Å². The highest BCUT2D eigenvalue weighted by Gasteiger charge is 2.48. The van der Waals surface area contributed by atoms with E-state index in [1.165, 1.54) is 22.9 Å². The van der Waals surface area contributed by atoms with Crippen LogP contribution in [0.5, 0.6) is 0 Å². The number of alkyl halides is 2. The van der Waals surface area contributed by atoms with Crippen LogP contribution in [0.2, 0.25) is 0 Å². The predicted molar refractivity (Wildman–Crippen MR) is 290 cm³/mol. The third kappa shape index (κ3) is 10.8. The van der Waals surface area contributed by atoms with Crippen LogP contribution in [0.4, 0.5) is 24.5 Å². The van der Waals surface area contributed by atoms with Gasteiger partial charge in [0, 0.05) is 113 Å². The fourth-order valence-electron chi connectivity index (χ4n) is 13.2. The Balaban J connectivity index is 0.578. The second-order valence-electron chi connectivity index (χ2n) is 22.5. The molecule has 6 aliphatic rings. The van der Waals surface area contributed by atoms with Crippen LogP contribution in [0.25, 0.3) is 33.1 Å². The van der Waals surface area contributed by atoms with Crippen molar-refractivity contribution >= 4 is 51.0 Å². The van der Waals surface area contributed by atoms with Gasteiger partial charge in [-0.1, -0.05) is 18.2 Å². The molecule has 2 N–H and O–H groups in total. The van der Waals surface area contributed by atoms with E-state index >= 15 is 13.2 Å². The zero-order valence-electron chi connectivity index (χ0n) is 44.0. The minimum Gasteiger partial charge on any atom is -0.374 e. The Bertz CT molecular complexity index is 3120. The molecule has 0 saturated carbocycles. The number of imide groups is 1. The van der Waals surface area contributed by atoms with Gasteiger partial charge in [-0.3, -0.25) is 34.4 Å². The zero-order valence-corrected chi connectivity index (χ0v) is 44.0. The van der Waals surface area contributed by atoms with Gasteiger partial charge in [0.05, 0.1) is 30.0 Å². The van der Waals surface area contributed by atoms with E-state index in [1.54, 1.807) is 12.1 Å². The molecule has 6 aliphatic heterocycles. The number of carbonyl (C=O) groups excluding carboxylic acids is 3. The van der Waals surface area contributed by atoms with Crippen LogP contribution >= 0.6 is 0 Å². The number of hydrogen-bond donors (Lipinski definition) is 2. The first kappa shape index (κ1) is 51.4. The molecule has 0 bridgehead atoms. The number of hydrogen-bond acceptors (Lipinski definition) is 11. The summed E-state index contributed by atoms with van der Waals surface area (Å²) in [6.07, 6.45) is 11.7. The maximum Gasteiger partial charge on any atom is 0.275 e. The van der Waals surface area contributed by atoms with Gasteiger partial charge < -0.3 is 24.4 Å². The molecule has 406 valence electrons. The predicted octanol–water partition coefficient (Wildman–Crippen LogP) is 8.41. The van der Waals surface area contributed by atoms with Gasteiger partial charge in [0.1, 0.15) is 17.5 Å². The summed E-state index contributed by atoms with van der Waals surface area (Å²) in [5, 5.41) is 12.3. The third-order valence-electron chi connectivity index (χ3n) is 17.6. The average Bonchev–Trinajstić information content (AvgIpc) is 4.07. The van der Waals surface area contributed by atoms with Crippen molar-refractivity contribution in [2.75, 3.05) is 88.8 Å². The monoisotopic (exact) mass is 1050 g/mol. The number of benzene rings is 3. The van der Waals surface area contributed by atoms with E-state index in [2.05, 4.69) is 69.6 Å². The quantitative estimate of drug-likeness (QED) is 0.114. The summed E-state index contributed by atoms with van der Waals surface area (Å²) < 4.78 is 57.5. The van der Waals surface area contributed by atoms with Crippen molar-refractivity contribution in [3.05, 3.63) is 108 Å². The molecule has 77 heavy (non-hydrogen) atoms. The molecule has 6 saturated heterocycles. The van der Waals surface area contributed by atoms with Crippen molar-refractivity contribution in [3.8, 4) is 11.1 Å². The van der Waals surface area contributed by atoms with E-state index < -0.39 is 29.7 Å². The minimum atomic E-state index is -2.88. The first-order valence-corrected chi connectivity index (χ1v) is 28.0. The third-order valence-corrected chi connectivity index (χ3v) is 17.6. The maximum atomic E-state index is 15.9. The van der Waals surface area contributed by atoms with E-state index in [4.69, 9.17) is 14.8 Å². The Morgan fingerprint density at radius 2 is 1.62 bits per heavy atom. The largest absolute Gasteiger partial charge is 0.374 e. The number of fused-ring (bicyclic) bond motifs is 2. The number of pyridine rings is 1. The molecule has 0 aliphatic carbocycles. The summed E-state index contributed by atoms with van der Waals surface area (Å²) in [5.74, 6) is -3.37. The van der Waals surface area contributed by atoms with Gasteiger partial charge in [-0.25, -0.2) is 22.8 Å². The molecule has 0 radical (unpaired) electrons. The van der Waals surface area contributed by atoms with E-state index in [0.717, 1.165) is 98.7 Å². The van der Waals surface area contributed by atoms with Crippen LogP contribution < -0.4 is 15.5 Å². The second kappa shape index (κ2) is 21.8. The van der Waals surface area contributed by atoms with E-state index in [-0.39, 0.29) is 36.9 Å². The molecule has 12 rings (SSSR count). The SMILES string of the molecule is Cn1c(CN2CCC(c3ccc(C(=O)N4CCC(CN5CCC(N6CCN(c7ccc(NC8CCC(=O)NC8=O)cc7F)CC6)C(F)(F)C5)CC4)cc3)CC2)cc2c(-c3ccc4c(cnn4C4CCCCO4)c3)ccnc21. The number of nitrogens with one attached hydrogen (secondary N) is 2. The first-order valence-electron chi connectivity index (χ1n) is 28.0. The maximum absolute atomic E-state index is 15.9. The van der Waals surface area contributed by atoms with Crippen LogP contribution in [-0.4, -0.2) is 153 Å². The number of ether oxygens (including phenoxy) is 1. The Hall–Kier alpha value is -6.34. The lowest BCUT2D eigenvalue weighted by Gasteiger charge is -2.47. The standard InChI is InChI=1S/C59H70F3N11O4/c1-67-46(34-48-47(15-21-63-56(48)67)43-9-12-51-44(32-43)35-64-73(51)55-4-2-3-31-77-55)37-68-22-18-41(19-23-68)40-5-7-42(8-6-40)58(76)72-25-16-39(17-26-72)36-69-24-20-53(59(61,62)38-69)71-29-27-70(28-30-71)52-13-10-45(33-49(52)60)65-50-11-14-54(74)66-57(50)75/h5-10,12-13,15,21,32-35,39,41,50,53,55,65H,2-4,11,14,16-20,22-31,36-38H2,1H3,(H,66,74,75). The lowest BCUT2D eigenvalue weighted by Crippen LogP contribution is -2.62. The number of nitrogens with zero attached hydrogens (tertiary/aromatic N) is 9. The van der Waals surface area contributed by atoms with Crippen molar-refractivity contribution in [3.63, 3.8) is 0 Å². The average molecular weight is 1050 g/mol. The number of piperazine rings is 1. The van der Waals surface area contributed by atoms with Crippen molar-refractivity contribution in [2.45, 2.75) is 101 Å². The minimum absolute atomic E-state index is 0.00119. The van der Waals surface area contributed by atoms with Crippen LogP contribution in [0.1, 0.15) is 98.0 Å². The smallest absolute Gasteiger partial charge is 0.275 e. The van der Waals surface area contributed by atoms with Crippen molar-refractivity contribution in [1.29, 1.82) is 0 Å². The number of anilines is 2. The lowest BCUT2D eigenvalue weighted by molar-refractivity contribution is -0.133. The lowest BCUT2D eigenvalue weighted by atomic mass is 9.88. The van der Waals surface area contributed by atoms with Crippen LogP contribution in [0.15, 0.2) is 85.2 Å². The van der Waals surface area contributed by atoms with Gasteiger partial charge in [0.15, 0.2) is 6.23 Å². The second-order valence-corrected chi connectivity index (χ2v) is 22.5. The number of carbonyl (C=O) groups is 3. The molecule has 3 atom stereocenters. The molecular formula is C59H70F3N11O4. The summed E-state index contributed by atoms with van der Waals surface area (Å²) >= 11 is 0. The van der Waals surface area contributed by atoms with Crippen molar-refractivity contribution in [1.82, 2.24) is 44.2 Å². The van der Waals surface area contributed by atoms with E-state index in [1.807, 2.05) is 48.8 Å². The number of aryl methyl sites for hydroxylation is 1. The summed E-state index contributed by atoms with van der Waals surface area (Å²) in [4.78, 5) is 52.4. The Kier molecular flexibility index (Phi) is 14.6. The van der Waals surface area contributed by atoms with Gasteiger partial charge >= 0.3 is 0 Å². The van der Waals surface area contributed by atoms with Crippen molar-refractivity contribution < 1.29 is 32.3 Å². The molecule has 3 aromatic heterocycles. The molecular weight excluding hydrogens is 984 g/mol. The molecule has 6 aromatic rings. The molecule has 3 amide bonds. The Morgan fingerprint density at radius 3 is 2.36 bits per heavy atom. The van der Waals surface area contributed by atoms with Gasteiger partial charge in [0.2, 0.25) is 11.8 Å². The highest BCUT2D eigenvalue weighted by molar-refractivity contribution is 6.01. The van der Waals surface area contributed by atoms with Crippen LogP contribution in [0, 0.1) is 11.7 Å². The number of likely N-dealkylation sites (tertiary alicyclic amines) is 3. The van der Waals surface area contributed by atoms with E-state index in [0.29, 0.717) is 88.1 Å². The molecule has 3 unspecified atom stereocenters. The van der Waals surface area contributed by atoms with E-state index in [9.17, 15) is 14.4 Å². The summed E-state index contributed by atoms with van der Waals surface area (Å²) in [5.41, 5.74) is 8.44. The fraction of sp³-hybridized carbons (Fsp3) is 0.508. The van der Waals surface area contributed by atoms with Gasteiger partial charge in [-0.05, 0) is 154 Å². The molecule has 18 heteroatoms. The normalized spacial score (nSPS) is 23.7. The Morgan fingerprint density at radius 1 is 0.831 bits per heavy atom. The van der Waals surface area contributed by atoms with Crippen LogP contribution in [-0.2, 0) is 27.9 Å². The molecule has 9 heterocycles. The molecule has 6 fully saturated rings. The van der Waals surface area contributed by atoms with Crippen molar-refractivity contribution in [2.24, 2.45) is 13.0 Å². The number of piperidine rings is 4. The summed E-state index contributed by atoms with van der Waals surface area (Å²) in [7, 11) is 2.12. The Labute approximate surface area is 447 Å². The first-order chi connectivity index (χ1) is 37.4. The zero-order chi connectivity index (χ0) is 52.8. The van der Waals surface area contributed by atoms with Gasteiger partial charge in [0.25, 0.3) is 11.8 Å². The molecule has 3 aromatic carbocycles. The summed E-state index contributed by atoms with van der Waals surface area (Å²) in [6, 6.07) is 22.5. The number of rotatable bonds is 12. The molecule has 0 spiro atoms. The highest BCUT2D eigenvalue weighted by Crippen LogP contribution is 2.37. The fourth-order valence-corrected chi connectivity index (χ4v) is 13.2.